The van der Waals surface area contributed by atoms with Gasteiger partial charge in [-0.25, -0.2) is 0 Å². The Bertz CT molecular complexity index is 987. The van der Waals surface area contributed by atoms with Crippen molar-refractivity contribution in [3.63, 3.8) is 0 Å². The molecule has 2 aliphatic heterocycles. The molecule has 0 unspecified atom stereocenters. The fourth-order valence-electron chi connectivity index (χ4n) is 3.46. The molecule has 2 aromatic carbocycles. The largest absolute Gasteiger partial charge is 0.454 e. The average Bonchev–Trinajstić information content (AvgIpc) is 3.22. The number of benzene rings is 2. The van der Waals surface area contributed by atoms with Gasteiger partial charge in [-0.3, -0.25) is 24.6 Å². The van der Waals surface area contributed by atoms with Gasteiger partial charge < -0.3 is 19.7 Å². The number of nitrogens with one attached hydrogen (secondary N) is 1. The summed E-state index contributed by atoms with van der Waals surface area (Å²) in [4.78, 5) is 38.9. The van der Waals surface area contributed by atoms with Crippen molar-refractivity contribution in [3.8, 4) is 11.5 Å². The molecule has 2 aliphatic rings. The van der Waals surface area contributed by atoms with Gasteiger partial charge in [0.2, 0.25) is 6.79 Å². The fraction of sp³-hybridized carbons (Fsp3) is 0.300. The molecule has 2 aromatic rings. The molecule has 0 spiro atoms. The van der Waals surface area contributed by atoms with Crippen molar-refractivity contribution in [2.75, 3.05) is 38.3 Å². The van der Waals surface area contributed by atoms with Gasteiger partial charge in [0.25, 0.3) is 5.69 Å². The van der Waals surface area contributed by atoms with E-state index < -0.39 is 16.7 Å². The number of anilines is 1. The molecule has 2 heterocycles. The van der Waals surface area contributed by atoms with E-state index in [-0.39, 0.29) is 18.2 Å². The number of nitro groups is 1. The molecular formula is C20H20N4O6. The molecule has 30 heavy (non-hydrogen) atoms. The van der Waals surface area contributed by atoms with Crippen molar-refractivity contribution in [1.29, 1.82) is 0 Å². The lowest BCUT2D eigenvalue weighted by Crippen LogP contribution is -2.51. The first-order valence-corrected chi connectivity index (χ1v) is 9.46. The highest BCUT2D eigenvalue weighted by Crippen LogP contribution is 2.32. The number of hydrogen-bond acceptors (Lipinski definition) is 7. The van der Waals surface area contributed by atoms with E-state index in [0.29, 0.717) is 32.7 Å². The first-order valence-electron chi connectivity index (χ1n) is 9.46. The van der Waals surface area contributed by atoms with Crippen LogP contribution in [0.15, 0.2) is 42.5 Å². The molecule has 0 radical (unpaired) electrons. The lowest BCUT2D eigenvalue weighted by molar-refractivity contribution is -0.383. The summed E-state index contributed by atoms with van der Waals surface area (Å²) in [5.41, 5.74) is 0.822. The normalized spacial score (nSPS) is 15.7. The highest BCUT2D eigenvalue weighted by atomic mass is 16.7. The van der Waals surface area contributed by atoms with Gasteiger partial charge in [0.1, 0.15) is 5.69 Å². The van der Waals surface area contributed by atoms with Crippen molar-refractivity contribution < 1.29 is 24.0 Å². The lowest BCUT2D eigenvalue weighted by atomic mass is 10.1. The summed E-state index contributed by atoms with van der Waals surface area (Å²) < 4.78 is 10.7. The zero-order valence-electron chi connectivity index (χ0n) is 16.1. The second-order valence-corrected chi connectivity index (χ2v) is 6.98. The van der Waals surface area contributed by atoms with Crippen LogP contribution in [0.25, 0.3) is 0 Å². The predicted octanol–water partition coefficient (Wildman–Crippen LogP) is 1.61. The Hall–Kier alpha value is -3.66. The fourth-order valence-corrected chi connectivity index (χ4v) is 3.46. The van der Waals surface area contributed by atoms with Crippen LogP contribution in [0.4, 0.5) is 11.4 Å². The van der Waals surface area contributed by atoms with E-state index in [1.807, 2.05) is 18.2 Å². The number of carbonyl (C=O) groups excluding carboxylic acids is 2. The molecule has 1 saturated heterocycles. The van der Waals surface area contributed by atoms with E-state index >= 15 is 0 Å². The van der Waals surface area contributed by atoms with E-state index in [1.54, 1.807) is 6.07 Å². The zero-order chi connectivity index (χ0) is 21.1. The van der Waals surface area contributed by atoms with Crippen LogP contribution in [-0.2, 0) is 16.1 Å². The van der Waals surface area contributed by atoms with Crippen LogP contribution in [0.5, 0.6) is 11.5 Å². The Morgan fingerprint density at radius 3 is 2.53 bits per heavy atom. The number of nitrogens with zero attached hydrogens (tertiary/aromatic N) is 3. The Morgan fingerprint density at radius 2 is 1.77 bits per heavy atom. The Balaban J connectivity index is 1.31. The third kappa shape index (κ3) is 4.18. The molecule has 1 fully saturated rings. The Morgan fingerprint density at radius 1 is 1.03 bits per heavy atom. The minimum Gasteiger partial charge on any atom is -0.454 e. The third-order valence-electron chi connectivity index (χ3n) is 5.05. The number of rotatable bonds is 4. The summed E-state index contributed by atoms with van der Waals surface area (Å²) in [7, 11) is 0. The second kappa shape index (κ2) is 8.37. The van der Waals surface area contributed by atoms with Crippen LogP contribution in [0, 0.1) is 10.1 Å². The molecule has 10 nitrogen and oxygen atoms in total. The highest BCUT2D eigenvalue weighted by molar-refractivity contribution is 6.39. The van der Waals surface area contributed by atoms with E-state index in [0.717, 1.165) is 17.1 Å². The number of nitro benzene ring substituents is 1. The number of hydrogen-bond donors (Lipinski definition) is 1. The molecule has 0 atom stereocenters. The summed E-state index contributed by atoms with van der Waals surface area (Å²) in [6.45, 7) is 2.94. The van der Waals surface area contributed by atoms with Crippen molar-refractivity contribution in [1.82, 2.24) is 9.80 Å². The quantitative estimate of drug-likeness (QED) is 0.461. The van der Waals surface area contributed by atoms with Gasteiger partial charge in [0.15, 0.2) is 11.5 Å². The number of amides is 2. The number of fused-ring (bicyclic) bond motifs is 1. The van der Waals surface area contributed by atoms with Crippen LogP contribution < -0.4 is 14.8 Å². The second-order valence-electron chi connectivity index (χ2n) is 6.98. The molecule has 156 valence electrons. The van der Waals surface area contributed by atoms with Gasteiger partial charge in [-0.15, -0.1) is 0 Å². The molecule has 10 heteroatoms. The van der Waals surface area contributed by atoms with Crippen molar-refractivity contribution in [2.45, 2.75) is 6.54 Å². The van der Waals surface area contributed by atoms with Crippen LogP contribution in [0.2, 0.25) is 0 Å². The van der Waals surface area contributed by atoms with Crippen LogP contribution in [0.1, 0.15) is 5.56 Å². The number of piperazine rings is 1. The summed E-state index contributed by atoms with van der Waals surface area (Å²) in [5.74, 6) is -0.115. The van der Waals surface area contributed by atoms with Crippen LogP contribution >= 0.6 is 0 Å². The molecule has 0 bridgehead atoms. The summed E-state index contributed by atoms with van der Waals surface area (Å²) in [6.07, 6.45) is 0. The van der Waals surface area contributed by atoms with Gasteiger partial charge in [-0.2, -0.15) is 0 Å². The summed E-state index contributed by atoms with van der Waals surface area (Å²) in [5, 5.41) is 13.4. The molecule has 4 rings (SSSR count). The van der Waals surface area contributed by atoms with E-state index in [9.17, 15) is 19.7 Å². The first kappa shape index (κ1) is 19.6. The lowest BCUT2D eigenvalue weighted by Gasteiger charge is -2.34. The average molecular weight is 412 g/mol. The SMILES string of the molecule is O=C(Nc1ccccc1[N+](=O)[O-])C(=O)N1CCN(Cc2ccc3c(c2)OCO3)CC1. The molecule has 0 saturated carbocycles. The third-order valence-corrected chi connectivity index (χ3v) is 5.05. The molecule has 1 N–H and O–H groups in total. The van der Waals surface area contributed by atoms with Gasteiger partial charge in [-0.05, 0) is 23.8 Å². The number of para-hydroxylation sites is 2. The van der Waals surface area contributed by atoms with E-state index in [2.05, 4.69) is 10.2 Å². The van der Waals surface area contributed by atoms with Crippen molar-refractivity contribution >= 4 is 23.2 Å². The Labute approximate surface area is 172 Å². The van der Waals surface area contributed by atoms with Crippen molar-refractivity contribution in [2.24, 2.45) is 0 Å². The molecule has 0 aromatic heterocycles. The molecule has 2 amide bonds. The standard InChI is InChI=1S/C20H20N4O6/c25-19(21-15-3-1-2-4-16(15)24(27)28)20(26)23-9-7-22(8-10-23)12-14-5-6-17-18(11-14)30-13-29-17/h1-6,11H,7-10,12-13H2,(H,21,25). The monoisotopic (exact) mass is 412 g/mol. The topological polar surface area (TPSA) is 114 Å². The highest BCUT2D eigenvalue weighted by Gasteiger charge is 2.27. The van der Waals surface area contributed by atoms with E-state index in [4.69, 9.17) is 9.47 Å². The summed E-state index contributed by atoms with van der Waals surface area (Å²) in [6, 6.07) is 11.5. The van der Waals surface area contributed by atoms with E-state index in [1.165, 1.54) is 23.1 Å². The minimum absolute atomic E-state index is 0.00212. The zero-order valence-corrected chi connectivity index (χ0v) is 16.1. The smallest absolute Gasteiger partial charge is 0.314 e. The van der Waals surface area contributed by atoms with Crippen LogP contribution in [0.3, 0.4) is 0 Å². The maximum atomic E-state index is 12.5. The number of ether oxygens (including phenoxy) is 2. The Kier molecular flexibility index (Phi) is 5.48. The number of carbonyl (C=O) groups is 2. The predicted molar refractivity (Wildman–Crippen MR) is 106 cm³/mol. The minimum atomic E-state index is -0.881. The molecular weight excluding hydrogens is 392 g/mol. The van der Waals surface area contributed by atoms with Gasteiger partial charge in [0.05, 0.1) is 4.92 Å². The molecule has 0 aliphatic carbocycles. The van der Waals surface area contributed by atoms with Gasteiger partial charge >= 0.3 is 11.8 Å². The maximum absolute atomic E-state index is 12.5. The summed E-state index contributed by atoms with van der Waals surface area (Å²) >= 11 is 0. The van der Waals surface area contributed by atoms with Crippen LogP contribution in [-0.4, -0.2) is 59.5 Å². The maximum Gasteiger partial charge on any atom is 0.314 e. The first-order chi connectivity index (χ1) is 14.5. The van der Waals surface area contributed by atoms with Crippen molar-refractivity contribution in [3.05, 3.63) is 58.1 Å². The van der Waals surface area contributed by atoms with Gasteiger partial charge in [-0.1, -0.05) is 18.2 Å². The van der Waals surface area contributed by atoms with Gasteiger partial charge in [0, 0.05) is 38.8 Å².